The predicted molar refractivity (Wildman–Crippen MR) is 288 cm³/mol. The molecule has 8 aliphatic rings. The third kappa shape index (κ3) is 16.8. The molecule has 8 aliphatic heterocycles. The first kappa shape index (κ1) is 78.1. The molecule has 26 N–H and O–H groups in total. The minimum absolute atomic E-state index is 0.768. The SMILES string of the molecule is CC(=O)N[C@@H]1[C@@H](O)[C@H](O[C@@H]2O[C@H](CO)[C@@H](O[C@@H]3O[C@H](CO[C@H]4O[C@H](CO)[C@@H](O)[C@H](O)[C@@H]4O[C@H]4O[C@H](CO)[C@@H](O)[C@H](O)[C@@H]4O)[C@@H](O)[C@H](O[C@H]4O[C@H](CO)[C@@H](O)[C@H](O)[C@@H]4O[C@H]4O[C@H](CO)[C@@H](O)[C@H](O)[C@@H]4O[C@H]4O[C@H](CO)[C@@H](O)[C@H](O)[C@@H]4O)[C@@H]3O)[C@H](O)[C@H]2NC(C)=O)[C@@H](CO)O[C@H]1O. The van der Waals surface area contributed by atoms with Crippen molar-refractivity contribution in [2.45, 2.75) is 259 Å². The maximum Gasteiger partial charge on any atom is 0.217 e. The number of rotatable bonds is 24. The lowest BCUT2D eigenvalue weighted by Crippen LogP contribution is -2.70. The summed E-state index contributed by atoms with van der Waals surface area (Å²) in [6.07, 6.45) is -78.9. The monoisotopic (exact) mass is 1400 g/mol. The van der Waals surface area contributed by atoms with Crippen LogP contribution in [0.1, 0.15) is 13.8 Å². The van der Waals surface area contributed by atoms with Gasteiger partial charge in [0.1, 0.15) is 195 Å². The number of hydrogen-bond acceptors (Lipinski definition) is 41. The Labute approximate surface area is 536 Å². The molecule has 2 amide bonds. The molecule has 0 bridgehead atoms. The highest BCUT2D eigenvalue weighted by Crippen LogP contribution is 2.39. The van der Waals surface area contributed by atoms with Gasteiger partial charge in [-0.15, -0.1) is 0 Å². The number of hydrogen-bond donors (Lipinski definition) is 26. The summed E-state index contributed by atoms with van der Waals surface area (Å²) < 4.78 is 87.3. The largest absolute Gasteiger partial charge is 0.394 e. The zero-order valence-corrected chi connectivity index (χ0v) is 50.4. The van der Waals surface area contributed by atoms with E-state index in [-0.39, 0.29) is 0 Å². The normalized spacial score (nSPS) is 50.8. The van der Waals surface area contributed by atoms with E-state index in [2.05, 4.69) is 10.6 Å². The predicted octanol–water partition coefficient (Wildman–Crippen LogP) is -18.2. The van der Waals surface area contributed by atoms with Gasteiger partial charge in [-0.1, -0.05) is 0 Å². The Balaban J connectivity index is 1.14. The number of carbonyl (C=O) groups is 2. The van der Waals surface area contributed by atoms with Crippen molar-refractivity contribution in [2.24, 2.45) is 0 Å². The smallest absolute Gasteiger partial charge is 0.217 e. The summed E-state index contributed by atoms with van der Waals surface area (Å²) in [5.74, 6) is -1.68. The standard InChI is InChI=1S/C52H88N2O41/c1-11(62)53-21-29(70)39(18(8-60)82-45(21)80)90-46-22(54-12(2)63)30(71)40(19(9-61)88-46)91-49-38(79)41(28(69)20(89-49)10-81-50-42(33(74)25(66)15(5-57)85-50)93-47-36(77)31(72)23(64)13(3-55)83-47)92-51-44(35(76)27(68)16(6-58)86-51)95-52-43(34(75)26(67)17(7-59)87-52)94-48-37(78)32(73)24(65)14(4-56)84-48/h13-52,55-61,64-80H,3-10H2,1-2H3,(H,53,62)(H,54,63)/t13-,14-,15-,16-,17-,18-,19-,20-,21-,22-,23-,24-,25-,26-,27-,28-,29-,30-,31+,32+,33+,34+,35+,36+,37+,38+,39-,40-,41+,42+,43+,44+,45-,46+,47-,48-,49+,50+,51-,52-/m1/s1. The molecule has 8 fully saturated rings. The number of nitrogens with one attached hydrogen (secondary N) is 2. The van der Waals surface area contributed by atoms with E-state index in [1.54, 1.807) is 0 Å². The average molecular weight is 1400 g/mol. The molecule has 0 unspecified atom stereocenters. The summed E-state index contributed by atoms with van der Waals surface area (Å²) in [6, 6.07) is -3.50. The molecule has 8 heterocycles. The zero-order chi connectivity index (χ0) is 69.9. The number of aliphatic hydroxyl groups excluding tert-OH is 24. The van der Waals surface area contributed by atoms with Gasteiger partial charge in [-0.05, 0) is 0 Å². The van der Waals surface area contributed by atoms with Crippen molar-refractivity contribution in [3.8, 4) is 0 Å². The van der Waals surface area contributed by atoms with Gasteiger partial charge in [0.25, 0.3) is 0 Å². The Morgan fingerprint density at radius 2 is 0.568 bits per heavy atom. The van der Waals surface area contributed by atoms with E-state index in [1.165, 1.54) is 0 Å². The zero-order valence-electron chi connectivity index (χ0n) is 50.4. The van der Waals surface area contributed by atoms with Crippen LogP contribution in [0.5, 0.6) is 0 Å². The molecular formula is C52H88N2O41. The second kappa shape index (κ2) is 33.9. The summed E-state index contributed by atoms with van der Waals surface area (Å²) in [6.45, 7) is -6.52. The average Bonchev–Trinajstić information content (AvgIpc) is 0.778. The molecule has 43 nitrogen and oxygen atoms in total. The van der Waals surface area contributed by atoms with Crippen LogP contribution in [0.2, 0.25) is 0 Å². The molecule has 0 aromatic carbocycles. The van der Waals surface area contributed by atoms with E-state index < -0.39 is 310 Å². The minimum atomic E-state index is -2.52. The lowest BCUT2D eigenvalue weighted by Gasteiger charge is -2.51. The van der Waals surface area contributed by atoms with Crippen LogP contribution in [0.15, 0.2) is 0 Å². The Hall–Kier alpha value is -2.62. The maximum absolute atomic E-state index is 12.8. The Morgan fingerprint density at radius 3 is 0.989 bits per heavy atom. The first-order valence-electron chi connectivity index (χ1n) is 30.1. The lowest BCUT2D eigenvalue weighted by atomic mass is 9.94. The Morgan fingerprint density at radius 1 is 0.274 bits per heavy atom. The highest BCUT2D eigenvalue weighted by Gasteiger charge is 2.60. The van der Waals surface area contributed by atoms with Gasteiger partial charge < -0.3 is 204 Å². The Kier molecular flexibility index (Phi) is 27.9. The lowest BCUT2D eigenvalue weighted by molar-refractivity contribution is -0.408. The van der Waals surface area contributed by atoms with Crippen molar-refractivity contribution < 1.29 is 203 Å². The molecule has 95 heavy (non-hydrogen) atoms. The second-order valence-electron chi connectivity index (χ2n) is 23.9. The van der Waals surface area contributed by atoms with E-state index in [0.717, 1.165) is 13.8 Å². The molecule has 0 radical (unpaired) electrons. The van der Waals surface area contributed by atoms with Crippen LogP contribution >= 0.6 is 0 Å². The molecule has 0 aromatic rings. The molecule has 0 aromatic heterocycles. The van der Waals surface area contributed by atoms with Crippen molar-refractivity contribution in [2.75, 3.05) is 52.9 Å². The molecule has 8 saturated heterocycles. The molecule has 552 valence electrons. The van der Waals surface area contributed by atoms with E-state index in [0.29, 0.717) is 0 Å². The van der Waals surface area contributed by atoms with Gasteiger partial charge in [-0.2, -0.15) is 0 Å². The molecular weight excluding hydrogens is 1310 g/mol. The minimum Gasteiger partial charge on any atom is -0.394 e. The summed E-state index contributed by atoms with van der Waals surface area (Å²) in [5, 5.41) is 267. The van der Waals surface area contributed by atoms with Gasteiger partial charge in [0, 0.05) is 13.8 Å². The van der Waals surface area contributed by atoms with Crippen LogP contribution in [0, 0.1) is 0 Å². The van der Waals surface area contributed by atoms with Crippen LogP contribution in [0.3, 0.4) is 0 Å². The van der Waals surface area contributed by atoms with E-state index in [4.69, 9.17) is 71.1 Å². The number of amides is 2. The van der Waals surface area contributed by atoms with Crippen molar-refractivity contribution in [1.29, 1.82) is 0 Å². The Bertz CT molecular complexity index is 2380. The fourth-order valence-corrected chi connectivity index (χ4v) is 12.1. The number of ether oxygens (including phenoxy) is 15. The molecule has 0 aliphatic carbocycles. The molecule has 0 saturated carbocycles. The van der Waals surface area contributed by atoms with Crippen LogP contribution in [-0.2, 0) is 80.6 Å². The topological polar surface area (TPSA) is 682 Å². The summed E-state index contributed by atoms with van der Waals surface area (Å²) >= 11 is 0. The second-order valence-corrected chi connectivity index (χ2v) is 23.9. The van der Waals surface area contributed by atoms with E-state index >= 15 is 0 Å². The number of carbonyl (C=O) groups excluding carboxylic acids is 2. The van der Waals surface area contributed by atoms with Gasteiger partial charge in [-0.3, -0.25) is 9.59 Å². The maximum atomic E-state index is 12.8. The van der Waals surface area contributed by atoms with Crippen LogP contribution in [0.4, 0.5) is 0 Å². The first-order valence-corrected chi connectivity index (χ1v) is 30.1. The molecule has 8 rings (SSSR count). The van der Waals surface area contributed by atoms with Crippen molar-refractivity contribution >= 4 is 11.8 Å². The first-order chi connectivity index (χ1) is 45.0. The molecule has 0 spiro atoms. The van der Waals surface area contributed by atoms with E-state index in [9.17, 15) is 132 Å². The van der Waals surface area contributed by atoms with Crippen molar-refractivity contribution in [1.82, 2.24) is 10.6 Å². The van der Waals surface area contributed by atoms with Crippen LogP contribution in [0.25, 0.3) is 0 Å². The quantitative estimate of drug-likeness (QED) is 0.0427. The van der Waals surface area contributed by atoms with Gasteiger partial charge in [0.05, 0.1) is 52.9 Å². The van der Waals surface area contributed by atoms with E-state index in [1.807, 2.05) is 0 Å². The highest BCUT2D eigenvalue weighted by molar-refractivity contribution is 5.73. The van der Waals surface area contributed by atoms with Gasteiger partial charge in [0.2, 0.25) is 11.8 Å². The summed E-state index contributed by atoms with van der Waals surface area (Å²) in [5.41, 5.74) is 0. The fourth-order valence-electron chi connectivity index (χ4n) is 12.1. The fraction of sp³-hybridized carbons (Fsp3) is 0.962. The van der Waals surface area contributed by atoms with Crippen molar-refractivity contribution in [3.05, 3.63) is 0 Å². The summed E-state index contributed by atoms with van der Waals surface area (Å²) in [7, 11) is 0. The van der Waals surface area contributed by atoms with Crippen LogP contribution in [-0.4, -0.2) is 433 Å². The third-order valence-electron chi connectivity index (χ3n) is 17.4. The van der Waals surface area contributed by atoms with Gasteiger partial charge >= 0.3 is 0 Å². The van der Waals surface area contributed by atoms with Gasteiger partial charge in [0.15, 0.2) is 50.3 Å². The molecule has 43 heteroatoms. The number of aliphatic hydroxyl groups is 24. The van der Waals surface area contributed by atoms with Crippen molar-refractivity contribution in [3.63, 3.8) is 0 Å². The molecule has 40 atom stereocenters. The summed E-state index contributed by atoms with van der Waals surface area (Å²) in [4.78, 5) is 24.9. The van der Waals surface area contributed by atoms with Gasteiger partial charge in [-0.25, -0.2) is 0 Å². The third-order valence-corrected chi connectivity index (χ3v) is 17.4. The highest BCUT2D eigenvalue weighted by atomic mass is 16.8. The van der Waals surface area contributed by atoms with Crippen LogP contribution < -0.4 is 10.6 Å².